The molecule has 13 nitrogen and oxygen atoms in total. The first kappa shape index (κ1) is 43.0. The summed E-state index contributed by atoms with van der Waals surface area (Å²) >= 11 is 0. The second kappa shape index (κ2) is 11.7. The summed E-state index contributed by atoms with van der Waals surface area (Å²) in [6, 6.07) is 0. The molecular weight excluding hydrogens is 853 g/mol. The summed E-state index contributed by atoms with van der Waals surface area (Å²) in [6.07, 6.45) is 11.7. The number of allylic oxidation sites excluding steroid dienone is 2. The maximum atomic E-state index is 13.0. The van der Waals surface area contributed by atoms with E-state index in [1.807, 2.05) is 20.8 Å². The van der Waals surface area contributed by atoms with E-state index in [2.05, 4.69) is 42.7 Å². The van der Waals surface area contributed by atoms with Gasteiger partial charge in [-0.25, -0.2) is 0 Å². The third kappa shape index (κ3) is 4.09. The Hall–Kier alpha value is -1.62. The van der Waals surface area contributed by atoms with Crippen molar-refractivity contribution in [2.45, 2.75) is 215 Å². The zero-order valence-electron chi connectivity index (χ0n) is 40.9. The largest absolute Gasteiger partial charge is 0.393 e. The topological polar surface area (TPSA) is 185 Å². The fraction of sp³-hybridized carbons (Fsp3) is 0.889. The van der Waals surface area contributed by atoms with E-state index in [9.17, 15) is 35.7 Å². The van der Waals surface area contributed by atoms with Crippen LogP contribution in [-0.4, -0.2) is 135 Å². The number of rotatable bonds is 1. The fourth-order valence-corrected chi connectivity index (χ4v) is 21.5. The third-order valence-electron chi connectivity index (χ3n) is 25.4. The van der Waals surface area contributed by atoms with Crippen LogP contribution in [0.1, 0.15) is 139 Å². The first-order chi connectivity index (χ1) is 31.4. The van der Waals surface area contributed by atoms with E-state index in [-0.39, 0.29) is 65.5 Å². The molecule has 4 spiro atoms. The fourth-order valence-electron chi connectivity index (χ4n) is 21.5. The lowest BCUT2D eigenvalue weighted by molar-refractivity contribution is -0.289. The average molecular weight is 929 g/mol. The molecule has 2 unspecified atom stereocenters. The van der Waals surface area contributed by atoms with Gasteiger partial charge in [-0.15, -0.1) is 0 Å². The molecule has 0 amide bonds. The van der Waals surface area contributed by atoms with E-state index in [4.69, 9.17) is 18.9 Å². The van der Waals surface area contributed by atoms with Gasteiger partial charge in [0.2, 0.25) is 5.79 Å². The van der Waals surface area contributed by atoms with Crippen molar-refractivity contribution in [1.29, 1.82) is 0 Å². The van der Waals surface area contributed by atoms with Crippen LogP contribution in [0.2, 0.25) is 0 Å². The summed E-state index contributed by atoms with van der Waals surface area (Å²) in [5, 5.41) is 83.5. The van der Waals surface area contributed by atoms with Crippen LogP contribution in [0.15, 0.2) is 34.7 Å². The van der Waals surface area contributed by atoms with E-state index in [1.165, 1.54) is 5.57 Å². The number of hydrogen-bond acceptors (Lipinski definition) is 13. The average Bonchev–Trinajstić information content (AvgIpc) is 3.46. The molecule has 0 radical (unpaired) electrons. The van der Waals surface area contributed by atoms with Crippen molar-refractivity contribution < 1.29 is 54.7 Å². The minimum Gasteiger partial charge on any atom is -0.393 e. The molecule has 5 saturated carbocycles. The Morgan fingerprint density at radius 3 is 1.88 bits per heavy atom. The second-order valence-electron chi connectivity index (χ2n) is 27.5. The highest BCUT2D eigenvalue weighted by atomic mass is 16.7. The number of fused-ring (bicyclic) bond motifs is 14. The molecule has 67 heavy (non-hydrogen) atoms. The Morgan fingerprint density at radius 1 is 0.672 bits per heavy atom. The summed E-state index contributed by atoms with van der Waals surface area (Å²) < 4.78 is 26.2. The van der Waals surface area contributed by atoms with Crippen LogP contribution < -0.4 is 0 Å². The van der Waals surface area contributed by atoms with Crippen LogP contribution in [0.5, 0.6) is 0 Å². The second-order valence-corrected chi connectivity index (χ2v) is 27.5. The van der Waals surface area contributed by atoms with E-state index >= 15 is 0 Å². The summed E-state index contributed by atoms with van der Waals surface area (Å²) in [5.41, 5.74) is -0.906. The van der Waals surface area contributed by atoms with Gasteiger partial charge in [0, 0.05) is 46.9 Å². The highest BCUT2D eigenvalue weighted by molar-refractivity contribution is 5.62. The summed E-state index contributed by atoms with van der Waals surface area (Å²) in [6.45, 7) is 16.6. The number of ether oxygens (including phenoxy) is 4. The molecule has 7 N–H and O–H groups in total. The lowest BCUT2D eigenvalue weighted by Crippen LogP contribution is -2.64. The molecule has 11 fully saturated rings. The normalized spacial score (nSPS) is 66.3. The van der Waals surface area contributed by atoms with Gasteiger partial charge in [0.25, 0.3) is 0 Å². The lowest BCUT2D eigenvalue weighted by atomic mass is 9.44. The molecule has 16 aliphatic rings. The van der Waals surface area contributed by atoms with Crippen molar-refractivity contribution in [2.75, 3.05) is 13.2 Å². The highest BCUT2D eigenvalue weighted by Crippen LogP contribution is 2.91. The smallest absolute Gasteiger partial charge is 0.201 e. The number of nitrogens with zero attached hydrogens (tertiary/aromatic N) is 2. The molecule has 8 aliphatic carbocycles. The molecule has 8 heterocycles. The van der Waals surface area contributed by atoms with E-state index in [0.29, 0.717) is 43.4 Å². The van der Waals surface area contributed by atoms with Crippen molar-refractivity contribution in [3.05, 3.63) is 34.7 Å². The molecule has 16 rings (SSSR count). The van der Waals surface area contributed by atoms with Crippen LogP contribution in [-0.2, 0) is 18.9 Å². The number of aliphatic hydroxyl groups is 7. The summed E-state index contributed by atoms with van der Waals surface area (Å²) in [5.74, 6) is -1.37. The molecule has 25 atom stereocenters. The predicted octanol–water partition coefficient (Wildman–Crippen LogP) is 4.56. The van der Waals surface area contributed by atoms with Gasteiger partial charge < -0.3 is 64.5 Å². The van der Waals surface area contributed by atoms with Gasteiger partial charge in [-0.1, -0.05) is 64.8 Å². The molecule has 13 heteroatoms. The van der Waals surface area contributed by atoms with E-state index < -0.39 is 81.2 Å². The van der Waals surface area contributed by atoms with Gasteiger partial charge in [0.1, 0.15) is 29.5 Å². The third-order valence-corrected chi connectivity index (χ3v) is 25.4. The maximum absolute atomic E-state index is 13.0. The number of hydrogen-bond donors (Lipinski definition) is 7. The zero-order valence-corrected chi connectivity index (χ0v) is 40.9. The van der Waals surface area contributed by atoms with Crippen molar-refractivity contribution in [1.82, 2.24) is 9.80 Å². The first-order valence-electron chi connectivity index (χ1n) is 26.7. The van der Waals surface area contributed by atoms with Crippen LogP contribution in [0.25, 0.3) is 0 Å². The molecular formula is C54H76N2O11. The Kier molecular flexibility index (Phi) is 7.54. The Bertz CT molecular complexity index is 2420. The van der Waals surface area contributed by atoms with Gasteiger partial charge >= 0.3 is 0 Å². The molecule has 2 bridgehead atoms. The van der Waals surface area contributed by atoms with Crippen LogP contribution >= 0.6 is 0 Å². The molecule has 6 saturated heterocycles. The summed E-state index contributed by atoms with van der Waals surface area (Å²) in [7, 11) is 0. The Balaban J connectivity index is 0.702. The van der Waals surface area contributed by atoms with Gasteiger partial charge in [0.05, 0.1) is 36.6 Å². The van der Waals surface area contributed by atoms with Crippen molar-refractivity contribution >= 4 is 0 Å². The predicted molar refractivity (Wildman–Crippen MR) is 240 cm³/mol. The maximum Gasteiger partial charge on any atom is 0.201 e. The van der Waals surface area contributed by atoms with Gasteiger partial charge in [-0.3, -0.25) is 0 Å². The van der Waals surface area contributed by atoms with Crippen LogP contribution in [0, 0.1) is 69.0 Å². The SMILES string of the molecule is C[C@@H]1[C@@]2(CC[C@@](C)(O)CO2)O[C@H]2C=C3[C@@H]4CC[C@H]5CC67N8C9=C(C[C@@]%10(C)[C@@H](CC[C@H]%11C%12=C[C@@H]%13O[C@]%14(O[C@](C)(CO)C[C@H]%14O)[C@@H](C)[C@]%13(O)[C@@]%12(C)[C@H](O)C[C@@H]%11%10)C9)N6C87C[C@]5(C)[C@H]4C[C@@H](O)[C@]3(C)[C@]21O. The lowest BCUT2D eigenvalue weighted by Gasteiger charge is -2.61. The quantitative estimate of drug-likeness (QED) is 0.144. The molecule has 368 valence electrons. The molecule has 0 aromatic heterocycles. The molecule has 0 aromatic carbocycles. The van der Waals surface area contributed by atoms with Crippen molar-refractivity contribution in [3.8, 4) is 0 Å². The van der Waals surface area contributed by atoms with E-state index in [0.717, 1.165) is 56.9 Å². The van der Waals surface area contributed by atoms with Crippen molar-refractivity contribution in [2.24, 2.45) is 69.0 Å². The molecule has 8 aliphatic heterocycles. The Morgan fingerprint density at radius 2 is 1.27 bits per heavy atom. The van der Waals surface area contributed by atoms with Gasteiger partial charge in [0.15, 0.2) is 17.1 Å². The first-order valence-corrected chi connectivity index (χ1v) is 26.7. The van der Waals surface area contributed by atoms with Crippen molar-refractivity contribution in [3.63, 3.8) is 0 Å². The monoisotopic (exact) mass is 929 g/mol. The highest BCUT2D eigenvalue weighted by Gasteiger charge is 3.03. The Labute approximate surface area is 394 Å². The van der Waals surface area contributed by atoms with Crippen LogP contribution in [0.3, 0.4) is 0 Å². The summed E-state index contributed by atoms with van der Waals surface area (Å²) in [4.78, 5) is 5.74. The number of aliphatic hydroxyl groups excluding tert-OH is 4. The van der Waals surface area contributed by atoms with Gasteiger partial charge in [-0.05, 0) is 131 Å². The minimum atomic E-state index is -1.48. The van der Waals surface area contributed by atoms with Crippen LogP contribution in [0.4, 0.5) is 0 Å². The minimum absolute atomic E-state index is 0.0216. The standard InChI is InChI=1S/C54H76N2O11/c1-26-49(14-13-43(3,61)25-64-49)65-41-18-34-31-12-10-29-20-50-51(23-46(29,6)33(31)17-39(59)47(34,7)52(26,41)62)55(50)36-15-28-9-11-30-32(45(28,5)21-37(36)56(50)51)16-38(58)48(8)35(30)19-42-53(48,63)27(2)54(66-42)40(60)22-44(4,24-57)67-54/h18-19,26-33,38-42,57-63H,9-17,20-25H2,1-8H3/t26-,27+,28+,29+,30-,31-,32+,33+,38-,39-,40-,41+,42+,43-,44+,45+,46+,47-,48-,49-,50?,51?,52-,53-,54+,55?,56?/m1/s1. The molecule has 0 aromatic rings. The van der Waals surface area contributed by atoms with Gasteiger partial charge in [-0.2, -0.15) is 0 Å². The van der Waals surface area contributed by atoms with E-state index in [1.54, 1.807) is 25.2 Å². The zero-order chi connectivity index (χ0) is 46.8.